The van der Waals surface area contributed by atoms with Crippen LogP contribution >= 0.6 is 23.1 Å². The Bertz CT molecular complexity index is 1110. The molecular formula is C15H10N4O5S2. The highest BCUT2D eigenvalue weighted by molar-refractivity contribution is 7.99. The Morgan fingerprint density at radius 2 is 2.04 bits per heavy atom. The number of hydrogen-bond acceptors (Lipinski definition) is 8. The Morgan fingerprint density at radius 1 is 1.27 bits per heavy atom. The molecule has 3 aromatic rings. The fourth-order valence-electron chi connectivity index (χ4n) is 2.24. The van der Waals surface area contributed by atoms with Gasteiger partial charge < -0.3 is 0 Å². The molecule has 2 aromatic heterocycles. The van der Waals surface area contributed by atoms with Gasteiger partial charge in [0.25, 0.3) is 16.9 Å². The number of nitrogens with zero attached hydrogens (tertiary/aromatic N) is 4. The van der Waals surface area contributed by atoms with Crippen molar-refractivity contribution in [3.8, 4) is 0 Å². The molecule has 0 spiro atoms. The zero-order valence-corrected chi connectivity index (χ0v) is 14.7. The van der Waals surface area contributed by atoms with Crippen LogP contribution in [0.4, 0.5) is 11.4 Å². The van der Waals surface area contributed by atoms with Crippen molar-refractivity contribution < 1.29 is 9.85 Å². The van der Waals surface area contributed by atoms with Crippen LogP contribution in [0.2, 0.25) is 0 Å². The first-order valence-corrected chi connectivity index (χ1v) is 8.81. The van der Waals surface area contributed by atoms with Crippen LogP contribution in [0.15, 0.2) is 57.1 Å². The third kappa shape index (κ3) is 3.21. The van der Waals surface area contributed by atoms with Gasteiger partial charge >= 0.3 is 0 Å². The molecule has 0 amide bonds. The van der Waals surface area contributed by atoms with E-state index in [1.807, 2.05) is 0 Å². The van der Waals surface area contributed by atoms with Crippen molar-refractivity contribution in [2.24, 2.45) is 0 Å². The van der Waals surface area contributed by atoms with E-state index in [9.17, 15) is 25.0 Å². The van der Waals surface area contributed by atoms with E-state index in [-0.39, 0.29) is 27.8 Å². The average Bonchev–Trinajstić information content (AvgIpc) is 3.07. The molecule has 2 heterocycles. The van der Waals surface area contributed by atoms with Crippen LogP contribution in [0.1, 0.15) is 0 Å². The number of rotatable bonds is 6. The zero-order valence-electron chi connectivity index (χ0n) is 13.0. The summed E-state index contributed by atoms with van der Waals surface area (Å²) >= 11 is 2.19. The molecule has 0 fully saturated rings. The van der Waals surface area contributed by atoms with Crippen LogP contribution in [-0.2, 0) is 6.54 Å². The van der Waals surface area contributed by atoms with Gasteiger partial charge in [-0.15, -0.1) is 17.9 Å². The van der Waals surface area contributed by atoms with Crippen LogP contribution in [0, 0.1) is 20.2 Å². The highest BCUT2D eigenvalue weighted by Crippen LogP contribution is 2.36. The van der Waals surface area contributed by atoms with E-state index in [2.05, 4.69) is 11.6 Å². The molecule has 0 aliphatic heterocycles. The lowest BCUT2D eigenvalue weighted by molar-refractivity contribution is -0.396. The van der Waals surface area contributed by atoms with Crippen LogP contribution in [-0.4, -0.2) is 19.4 Å². The van der Waals surface area contributed by atoms with Gasteiger partial charge in [-0.3, -0.25) is 29.6 Å². The zero-order chi connectivity index (χ0) is 18.8. The number of fused-ring (bicyclic) bond motifs is 1. The molecule has 3 rings (SSSR count). The highest BCUT2D eigenvalue weighted by Gasteiger charge is 2.22. The molecule has 0 saturated carbocycles. The quantitative estimate of drug-likeness (QED) is 0.273. The summed E-state index contributed by atoms with van der Waals surface area (Å²) in [7, 11) is 0. The van der Waals surface area contributed by atoms with E-state index in [0.717, 1.165) is 17.8 Å². The molecule has 0 bridgehead atoms. The van der Waals surface area contributed by atoms with E-state index in [1.54, 1.807) is 11.4 Å². The van der Waals surface area contributed by atoms with Crippen molar-refractivity contribution in [3.05, 3.63) is 72.9 Å². The number of allylic oxidation sites excluding steroid dienone is 1. The topological polar surface area (TPSA) is 121 Å². The minimum absolute atomic E-state index is 0.154. The third-order valence-electron chi connectivity index (χ3n) is 3.41. The van der Waals surface area contributed by atoms with Gasteiger partial charge in [0.15, 0.2) is 5.16 Å². The minimum atomic E-state index is -0.703. The molecule has 0 N–H and O–H groups in total. The van der Waals surface area contributed by atoms with Gasteiger partial charge in [0.1, 0.15) is 4.83 Å². The molecular weight excluding hydrogens is 380 g/mol. The van der Waals surface area contributed by atoms with Crippen molar-refractivity contribution in [2.45, 2.75) is 16.6 Å². The molecule has 26 heavy (non-hydrogen) atoms. The van der Waals surface area contributed by atoms with E-state index in [0.29, 0.717) is 10.2 Å². The lowest BCUT2D eigenvalue weighted by Crippen LogP contribution is -2.22. The number of nitro benzene ring substituents is 2. The summed E-state index contributed by atoms with van der Waals surface area (Å²) in [6.07, 6.45) is 1.52. The van der Waals surface area contributed by atoms with Crippen LogP contribution in [0.5, 0.6) is 0 Å². The average molecular weight is 390 g/mol. The van der Waals surface area contributed by atoms with Crippen molar-refractivity contribution in [1.82, 2.24) is 9.55 Å². The molecule has 0 radical (unpaired) electrons. The highest BCUT2D eigenvalue weighted by atomic mass is 32.2. The maximum atomic E-state index is 12.6. The summed E-state index contributed by atoms with van der Waals surface area (Å²) in [5.74, 6) is 0. The number of hydrogen-bond donors (Lipinski definition) is 0. The summed E-state index contributed by atoms with van der Waals surface area (Å²) in [5, 5.41) is 24.6. The first-order chi connectivity index (χ1) is 12.4. The fourth-order valence-corrected chi connectivity index (χ4v) is 4.03. The maximum Gasteiger partial charge on any atom is 0.290 e. The van der Waals surface area contributed by atoms with Crippen molar-refractivity contribution >= 4 is 44.7 Å². The molecule has 132 valence electrons. The lowest BCUT2D eigenvalue weighted by Gasteiger charge is -2.10. The Balaban J connectivity index is 2.15. The number of aromatic nitrogens is 2. The van der Waals surface area contributed by atoms with Gasteiger partial charge in [0, 0.05) is 12.6 Å². The first kappa shape index (κ1) is 17.8. The van der Waals surface area contributed by atoms with E-state index < -0.39 is 15.5 Å². The molecule has 11 heteroatoms. The van der Waals surface area contributed by atoms with Gasteiger partial charge in [-0.25, -0.2) is 4.98 Å². The smallest absolute Gasteiger partial charge is 0.283 e. The van der Waals surface area contributed by atoms with Crippen LogP contribution < -0.4 is 5.56 Å². The van der Waals surface area contributed by atoms with Crippen LogP contribution in [0.3, 0.4) is 0 Å². The number of thiophene rings is 1. The summed E-state index contributed by atoms with van der Waals surface area (Å²) in [6, 6.07) is 5.01. The van der Waals surface area contributed by atoms with E-state index in [1.165, 1.54) is 34.1 Å². The lowest BCUT2D eigenvalue weighted by atomic mass is 10.3. The summed E-state index contributed by atoms with van der Waals surface area (Å²) < 4.78 is 1.36. The second-order valence-corrected chi connectivity index (χ2v) is 6.91. The predicted octanol–water partition coefficient (Wildman–Crippen LogP) is 3.61. The van der Waals surface area contributed by atoms with Gasteiger partial charge in [0.05, 0.1) is 26.2 Å². The second kappa shape index (κ2) is 7.06. The SMILES string of the molecule is C=CCn1c(Sc2ccc([N+](=O)[O-])cc2[N+](=O)[O-])nc2sccc2c1=O. The summed E-state index contributed by atoms with van der Waals surface area (Å²) in [5.41, 5.74) is -1.08. The molecule has 9 nitrogen and oxygen atoms in total. The normalized spacial score (nSPS) is 10.8. The Kier molecular flexibility index (Phi) is 4.82. The summed E-state index contributed by atoms with van der Waals surface area (Å²) in [6.45, 7) is 3.79. The minimum Gasteiger partial charge on any atom is -0.283 e. The molecule has 1 aromatic carbocycles. The molecule has 0 aliphatic rings. The monoisotopic (exact) mass is 390 g/mol. The van der Waals surface area contributed by atoms with Gasteiger partial charge in [-0.05, 0) is 29.3 Å². The van der Waals surface area contributed by atoms with Crippen molar-refractivity contribution in [1.29, 1.82) is 0 Å². The molecule has 0 unspecified atom stereocenters. The first-order valence-electron chi connectivity index (χ1n) is 7.12. The maximum absolute atomic E-state index is 12.6. The largest absolute Gasteiger partial charge is 0.290 e. The van der Waals surface area contributed by atoms with Gasteiger partial charge in [-0.2, -0.15) is 0 Å². The molecule has 0 saturated heterocycles. The number of benzene rings is 1. The third-order valence-corrected chi connectivity index (χ3v) is 5.28. The van der Waals surface area contributed by atoms with Crippen molar-refractivity contribution in [3.63, 3.8) is 0 Å². The Morgan fingerprint density at radius 3 is 2.69 bits per heavy atom. The van der Waals surface area contributed by atoms with Gasteiger partial charge in [-0.1, -0.05) is 6.08 Å². The number of non-ortho nitro benzene ring substituents is 1. The van der Waals surface area contributed by atoms with Crippen molar-refractivity contribution in [2.75, 3.05) is 0 Å². The fraction of sp³-hybridized carbons (Fsp3) is 0.0667. The Labute approximate surface area is 153 Å². The molecule has 0 aliphatic carbocycles. The Hall–Kier alpha value is -3.05. The number of nitro groups is 2. The summed E-state index contributed by atoms with van der Waals surface area (Å²) in [4.78, 5) is 38.4. The van der Waals surface area contributed by atoms with E-state index >= 15 is 0 Å². The second-order valence-electron chi connectivity index (χ2n) is 5.01. The van der Waals surface area contributed by atoms with Gasteiger partial charge in [0.2, 0.25) is 0 Å². The van der Waals surface area contributed by atoms with Crippen LogP contribution in [0.25, 0.3) is 10.2 Å². The standard InChI is InChI=1S/C15H10N4O5S2/c1-2-6-17-14(20)10-5-7-25-13(10)16-15(17)26-12-4-3-9(18(21)22)8-11(12)19(23)24/h2-5,7-8H,1,6H2. The van der Waals surface area contributed by atoms with E-state index in [4.69, 9.17) is 0 Å². The molecule has 0 atom stereocenters. The predicted molar refractivity (Wildman–Crippen MR) is 98.0 cm³/mol.